The predicted octanol–water partition coefficient (Wildman–Crippen LogP) is 4.59. The van der Waals surface area contributed by atoms with Crippen molar-refractivity contribution in [3.05, 3.63) is 108 Å². The molecule has 33 heavy (non-hydrogen) atoms. The molecule has 0 aliphatic carbocycles. The molecular weight excluding hydrogens is 412 g/mol. The van der Waals surface area contributed by atoms with Crippen LogP contribution in [0.25, 0.3) is 0 Å². The van der Waals surface area contributed by atoms with Gasteiger partial charge in [0.1, 0.15) is 18.2 Å². The van der Waals surface area contributed by atoms with Gasteiger partial charge in [0.05, 0.1) is 5.71 Å². The zero-order chi connectivity index (χ0) is 23.7. The molecule has 0 bridgehead atoms. The summed E-state index contributed by atoms with van der Waals surface area (Å²) in [5.41, 5.74) is 2.85. The normalized spacial score (nSPS) is 11.8. The summed E-state index contributed by atoms with van der Waals surface area (Å²) in [5, 5.41) is 2.83. The Morgan fingerprint density at radius 2 is 1.30 bits per heavy atom. The Hall–Kier alpha value is -3.73. The zero-order valence-corrected chi connectivity index (χ0v) is 19.3. The molecule has 0 fully saturated rings. The highest BCUT2D eigenvalue weighted by atomic mass is 16.6. The van der Waals surface area contributed by atoms with Gasteiger partial charge in [-0.3, -0.25) is 9.79 Å². The molecule has 0 spiro atoms. The van der Waals surface area contributed by atoms with Gasteiger partial charge in [-0.05, 0) is 26.3 Å². The highest BCUT2D eigenvalue weighted by Crippen LogP contribution is 2.13. The standard InChI is InChI=1S/C28H30N2O3/c1-28(2,3)33-27(32)24(19-21-13-7-4-8-14-21)30-25(31)20-29-26(22-15-9-5-10-16-22)23-17-11-6-12-18-23/h4-18,24H,19-20H2,1-3H3,(H,30,31)/t24-/m0/s1. The molecule has 0 saturated heterocycles. The molecule has 170 valence electrons. The average Bonchev–Trinajstić information content (AvgIpc) is 2.80. The molecular formula is C28H30N2O3. The van der Waals surface area contributed by atoms with Crippen molar-refractivity contribution in [1.82, 2.24) is 5.32 Å². The van der Waals surface area contributed by atoms with Crippen molar-refractivity contribution in [2.45, 2.75) is 38.8 Å². The Bertz CT molecular complexity index is 1030. The number of amides is 1. The van der Waals surface area contributed by atoms with E-state index in [4.69, 9.17) is 4.74 Å². The molecule has 0 aliphatic heterocycles. The van der Waals surface area contributed by atoms with E-state index in [1.165, 1.54) is 0 Å². The predicted molar refractivity (Wildman–Crippen MR) is 131 cm³/mol. The molecule has 5 heteroatoms. The molecule has 0 radical (unpaired) electrons. The summed E-state index contributed by atoms with van der Waals surface area (Å²) in [6, 6.07) is 28.2. The number of ether oxygens (including phenoxy) is 1. The largest absolute Gasteiger partial charge is 0.458 e. The second-order valence-electron chi connectivity index (χ2n) is 8.74. The van der Waals surface area contributed by atoms with Crippen LogP contribution >= 0.6 is 0 Å². The fraction of sp³-hybridized carbons (Fsp3) is 0.250. The summed E-state index contributed by atoms with van der Waals surface area (Å²) in [6.45, 7) is 5.32. The Morgan fingerprint density at radius 3 is 1.79 bits per heavy atom. The number of aliphatic imine (C=N–C) groups is 1. The van der Waals surface area contributed by atoms with E-state index < -0.39 is 17.6 Å². The maximum Gasteiger partial charge on any atom is 0.329 e. The van der Waals surface area contributed by atoms with Gasteiger partial charge in [0.2, 0.25) is 5.91 Å². The summed E-state index contributed by atoms with van der Waals surface area (Å²) < 4.78 is 5.55. The lowest BCUT2D eigenvalue weighted by molar-refractivity contribution is -0.158. The van der Waals surface area contributed by atoms with Crippen LogP contribution in [0, 0.1) is 0 Å². The van der Waals surface area contributed by atoms with Gasteiger partial charge in [0.25, 0.3) is 0 Å². The van der Waals surface area contributed by atoms with Gasteiger partial charge in [0.15, 0.2) is 0 Å². The lowest BCUT2D eigenvalue weighted by Crippen LogP contribution is -2.46. The maximum absolute atomic E-state index is 12.9. The molecule has 0 aliphatic rings. The summed E-state index contributed by atoms with van der Waals surface area (Å²) in [5.74, 6) is -0.804. The summed E-state index contributed by atoms with van der Waals surface area (Å²) in [7, 11) is 0. The lowest BCUT2D eigenvalue weighted by Gasteiger charge is -2.24. The number of benzene rings is 3. The van der Waals surface area contributed by atoms with Crippen molar-refractivity contribution in [2.24, 2.45) is 4.99 Å². The number of nitrogens with zero attached hydrogens (tertiary/aromatic N) is 1. The summed E-state index contributed by atoms with van der Waals surface area (Å²) in [4.78, 5) is 30.3. The third-order valence-corrected chi connectivity index (χ3v) is 4.78. The number of carbonyl (C=O) groups is 2. The molecule has 3 aromatic rings. The van der Waals surface area contributed by atoms with Crippen LogP contribution in [0.3, 0.4) is 0 Å². The zero-order valence-electron chi connectivity index (χ0n) is 19.3. The van der Waals surface area contributed by atoms with E-state index in [2.05, 4.69) is 10.3 Å². The van der Waals surface area contributed by atoms with Crippen molar-refractivity contribution in [3.8, 4) is 0 Å². The van der Waals surface area contributed by atoms with E-state index in [1.807, 2.05) is 112 Å². The van der Waals surface area contributed by atoms with Gasteiger partial charge in [-0.15, -0.1) is 0 Å². The second-order valence-corrected chi connectivity index (χ2v) is 8.74. The van der Waals surface area contributed by atoms with Crippen LogP contribution in [0.4, 0.5) is 0 Å². The second kappa shape index (κ2) is 11.2. The van der Waals surface area contributed by atoms with Gasteiger partial charge in [0, 0.05) is 17.5 Å². The number of nitrogens with one attached hydrogen (secondary N) is 1. The minimum atomic E-state index is -0.800. The SMILES string of the molecule is CC(C)(C)OC(=O)[C@H](Cc1ccccc1)NC(=O)CN=C(c1ccccc1)c1ccccc1. The molecule has 1 N–H and O–H groups in total. The highest BCUT2D eigenvalue weighted by Gasteiger charge is 2.27. The third-order valence-electron chi connectivity index (χ3n) is 4.78. The van der Waals surface area contributed by atoms with Crippen molar-refractivity contribution >= 4 is 17.6 Å². The van der Waals surface area contributed by atoms with E-state index in [0.29, 0.717) is 6.42 Å². The van der Waals surface area contributed by atoms with Crippen LogP contribution in [0.15, 0.2) is 96.0 Å². The van der Waals surface area contributed by atoms with Crippen molar-refractivity contribution in [2.75, 3.05) is 6.54 Å². The van der Waals surface area contributed by atoms with E-state index in [1.54, 1.807) is 0 Å². The van der Waals surface area contributed by atoms with Crippen LogP contribution in [0.1, 0.15) is 37.5 Å². The first kappa shape index (κ1) is 23.9. The van der Waals surface area contributed by atoms with Crippen LogP contribution in [0.2, 0.25) is 0 Å². The third kappa shape index (κ3) is 7.72. The molecule has 5 nitrogen and oxygen atoms in total. The van der Waals surface area contributed by atoms with Crippen LogP contribution in [0.5, 0.6) is 0 Å². The monoisotopic (exact) mass is 442 g/mol. The Labute approximate surface area is 195 Å². The fourth-order valence-electron chi connectivity index (χ4n) is 3.35. The first-order valence-corrected chi connectivity index (χ1v) is 11.0. The summed E-state index contributed by atoms with van der Waals surface area (Å²) in [6.07, 6.45) is 0.343. The van der Waals surface area contributed by atoms with E-state index >= 15 is 0 Å². The fourth-order valence-corrected chi connectivity index (χ4v) is 3.35. The van der Waals surface area contributed by atoms with Crippen LogP contribution < -0.4 is 5.32 Å². The Kier molecular flexibility index (Phi) is 8.14. The topological polar surface area (TPSA) is 67.8 Å². The average molecular weight is 443 g/mol. The van der Waals surface area contributed by atoms with Gasteiger partial charge in [-0.2, -0.15) is 0 Å². The number of hydrogen-bond donors (Lipinski definition) is 1. The van der Waals surface area contributed by atoms with Crippen molar-refractivity contribution < 1.29 is 14.3 Å². The maximum atomic E-state index is 12.9. The number of rotatable bonds is 8. The molecule has 0 saturated carbocycles. The Morgan fingerprint density at radius 1 is 0.818 bits per heavy atom. The molecule has 0 aromatic heterocycles. The molecule has 1 amide bonds. The first-order chi connectivity index (χ1) is 15.8. The van der Waals surface area contributed by atoms with E-state index in [0.717, 1.165) is 22.4 Å². The highest BCUT2D eigenvalue weighted by molar-refractivity contribution is 6.13. The van der Waals surface area contributed by atoms with E-state index in [-0.39, 0.29) is 12.5 Å². The minimum Gasteiger partial charge on any atom is -0.458 e. The van der Waals surface area contributed by atoms with Gasteiger partial charge < -0.3 is 10.1 Å². The van der Waals surface area contributed by atoms with Crippen molar-refractivity contribution in [1.29, 1.82) is 0 Å². The van der Waals surface area contributed by atoms with Gasteiger partial charge in [-0.1, -0.05) is 91.0 Å². The molecule has 1 atom stereocenters. The van der Waals surface area contributed by atoms with Gasteiger partial charge in [-0.25, -0.2) is 4.79 Å². The van der Waals surface area contributed by atoms with Crippen LogP contribution in [-0.4, -0.2) is 35.8 Å². The van der Waals surface area contributed by atoms with E-state index in [9.17, 15) is 9.59 Å². The number of carbonyl (C=O) groups excluding carboxylic acids is 2. The molecule has 3 aromatic carbocycles. The number of hydrogen-bond acceptors (Lipinski definition) is 4. The Balaban J connectivity index is 1.78. The molecule has 3 rings (SSSR count). The summed E-state index contributed by atoms with van der Waals surface area (Å²) >= 11 is 0. The molecule has 0 heterocycles. The van der Waals surface area contributed by atoms with Gasteiger partial charge >= 0.3 is 5.97 Å². The molecule has 0 unspecified atom stereocenters. The van der Waals surface area contributed by atoms with Crippen LogP contribution in [-0.2, 0) is 20.7 Å². The quantitative estimate of drug-likeness (QED) is 0.410. The lowest BCUT2D eigenvalue weighted by atomic mass is 10.0. The smallest absolute Gasteiger partial charge is 0.329 e. The minimum absolute atomic E-state index is 0.104. The first-order valence-electron chi connectivity index (χ1n) is 11.0. The van der Waals surface area contributed by atoms with Crippen molar-refractivity contribution in [3.63, 3.8) is 0 Å². The number of esters is 1.